The quantitative estimate of drug-likeness (QED) is 0.557. The van der Waals surface area contributed by atoms with Crippen LogP contribution < -0.4 is 4.74 Å². The molecule has 0 aromatic heterocycles. The third kappa shape index (κ3) is 2.78. The first-order valence-corrected chi connectivity index (χ1v) is 10.6. The van der Waals surface area contributed by atoms with E-state index in [2.05, 4.69) is 47.4 Å². The van der Waals surface area contributed by atoms with Gasteiger partial charge in [0.05, 0.1) is 7.11 Å². The predicted octanol–water partition coefficient (Wildman–Crippen LogP) is 5.61. The molecule has 1 atom stereocenters. The molecule has 3 heterocycles. The van der Waals surface area contributed by atoms with Crippen LogP contribution in [0.15, 0.2) is 57.8 Å². The van der Waals surface area contributed by atoms with Gasteiger partial charge in [-0.05, 0) is 78.8 Å². The van der Waals surface area contributed by atoms with Gasteiger partial charge in [-0.1, -0.05) is 36.4 Å². The molecule has 3 aliphatic heterocycles. The van der Waals surface area contributed by atoms with E-state index in [1.165, 1.54) is 65.1 Å². The van der Waals surface area contributed by atoms with Gasteiger partial charge in [-0.15, -0.1) is 0 Å². The molecule has 3 heteroatoms. The lowest BCUT2D eigenvalue weighted by atomic mass is 9.84. The molecule has 1 unspecified atom stereocenters. The summed E-state index contributed by atoms with van der Waals surface area (Å²) in [5.74, 6) is 0.952. The minimum atomic E-state index is 0.811. The highest BCUT2D eigenvalue weighted by Crippen LogP contribution is 2.48. The van der Waals surface area contributed by atoms with Crippen molar-refractivity contribution >= 4 is 17.3 Å². The molecule has 2 fully saturated rings. The van der Waals surface area contributed by atoms with E-state index in [4.69, 9.17) is 4.74 Å². The number of benzene rings is 2. The molecule has 0 bridgehead atoms. The van der Waals surface area contributed by atoms with Crippen LogP contribution in [0.3, 0.4) is 0 Å². The van der Waals surface area contributed by atoms with Crippen LogP contribution in [-0.4, -0.2) is 31.1 Å². The van der Waals surface area contributed by atoms with Crippen LogP contribution in [0.1, 0.15) is 43.2 Å². The minimum Gasteiger partial charge on any atom is -0.497 e. The second-order valence-corrected chi connectivity index (χ2v) is 8.68. The first-order valence-electron chi connectivity index (χ1n) is 9.75. The van der Waals surface area contributed by atoms with Gasteiger partial charge in [0.25, 0.3) is 0 Å². The predicted molar refractivity (Wildman–Crippen MR) is 108 cm³/mol. The van der Waals surface area contributed by atoms with Crippen LogP contribution >= 0.6 is 11.8 Å². The van der Waals surface area contributed by atoms with Gasteiger partial charge in [0, 0.05) is 22.4 Å². The third-order valence-corrected chi connectivity index (χ3v) is 7.26. The van der Waals surface area contributed by atoms with Gasteiger partial charge < -0.3 is 4.74 Å². The van der Waals surface area contributed by atoms with E-state index >= 15 is 0 Å². The molecule has 0 aliphatic carbocycles. The number of ether oxygens (including phenoxy) is 1. The Kier molecular flexibility index (Phi) is 4.30. The Hall–Kier alpha value is -1.71. The summed E-state index contributed by atoms with van der Waals surface area (Å²) in [6.45, 7) is 2.40. The number of methoxy groups -OCH3 is 1. The summed E-state index contributed by atoms with van der Waals surface area (Å²) in [5.41, 5.74) is 5.85. The van der Waals surface area contributed by atoms with Crippen molar-refractivity contribution in [3.05, 3.63) is 59.2 Å². The van der Waals surface area contributed by atoms with Gasteiger partial charge in [0.1, 0.15) is 5.75 Å². The van der Waals surface area contributed by atoms with Crippen molar-refractivity contribution < 1.29 is 4.74 Å². The number of hydrogen-bond acceptors (Lipinski definition) is 3. The SMILES string of the molecule is COc1ccc2c(c1)/C(=C1\CCC3CCCCN3C1)c1ccccc1S2. The molecule has 134 valence electrons. The van der Waals surface area contributed by atoms with Crippen molar-refractivity contribution in [3.8, 4) is 5.75 Å². The Morgan fingerprint density at radius 2 is 1.88 bits per heavy atom. The summed E-state index contributed by atoms with van der Waals surface area (Å²) in [5, 5.41) is 0. The highest BCUT2D eigenvalue weighted by Gasteiger charge is 2.31. The first-order chi connectivity index (χ1) is 12.8. The fraction of sp³-hybridized carbons (Fsp3) is 0.391. The molecule has 3 aliphatic rings. The maximum atomic E-state index is 5.55. The second kappa shape index (κ2) is 6.79. The molecule has 0 N–H and O–H groups in total. The molecule has 2 nitrogen and oxygen atoms in total. The molecular formula is C23H25NOS. The Balaban J connectivity index is 1.65. The lowest BCUT2D eigenvalue weighted by Gasteiger charge is -2.41. The molecule has 0 radical (unpaired) electrons. The molecule has 2 aromatic rings. The topological polar surface area (TPSA) is 12.5 Å². The molecule has 0 amide bonds. The highest BCUT2D eigenvalue weighted by atomic mass is 32.2. The normalized spacial score (nSPS) is 25.2. The van der Waals surface area contributed by atoms with Crippen LogP contribution in [0.5, 0.6) is 5.75 Å². The summed E-state index contributed by atoms with van der Waals surface area (Å²) in [4.78, 5) is 5.47. The summed E-state index contributed by atoms with van der Waals surface area (Å²) in [6.07, 6.45) is 6.70. The van der Waals surface area contributed by atoms with Crippen LogP contribution in [-0.2, 0) is 0 Å². The van der Waals surface area contributed by atoms with Gasteiger partial charge >= 0.3 is 0 Å². The molecule has 5 rings (SSSR count). The van der Waals surface area contributed by atoms with Crippen LogP contribution in [0.2, 0.25) is 0 Å². The van der Waals surface area contributed by atoms with Crippen molar-refractivity contribution in [1.82, 2.24) is 4.90 Å². The van der Waals surface area contributed by atoms with E-state index < -0.39 is 0 Å². The first kappa shape index (κ1) is 16.5. The largest absolute Gasteiger partial charge is 0.497 e. The zero-order chi connectivity index (χ0) is 17.5. The number of hydrogen-bond donors (Lipinski definition) is 0. The standard InChI is InChI=1S/C23H25NOS/c1-25-18-11-12-22-20(14-18)23(19-7-2-3-8-21(19)26-22)16-9-10-17-6-4-5-13-24(17)15-16/h2-3,7-8,11-12,14,17H,4-6,9-10,13,15H2,1H3/b23-16+. The maximum absolute atomic E-state index is 5.55. The van der Waals surface area contributed by atoms with E-state index in [-0.39, 0.29) is 0 Å². The maximum Gasteiger partial charge on any atom is 0.119 e. The zero-order valence-electron chi connectivity index (χ0n) is 15.3. The fourth-order valence-corrected chi connectivity index (χ4v) is 5.86. The number of piperidine rings is 2. The van der Waals surface area contributed by atoms with E-state index in [1.807, 2.05) is 11.8 Å². The van der Waals surface area contributed by atoms with Gasteiger partial charge in [-0.25, -0.2) is 0 Å². The zero-order valence-corrected chi connectivity index (χ0v) is 16.1. The van der Waals surface area contributed by atoms with Crippen molar-refractivity contribution in [3.63, 3.8) is 0 Å². The minimum absolute atomic E-state index is 0.811. The summed E-state index contributed by atoms with van der Waals surface area (Å²) in [7, 11) is 1.76. The molecular weight excluding hydrogens is 338 g/mol. The van der Waals surface area contributed by atoms with Crippen molar-refractivity contribution in [2.45, 2.75) is 47.9 Å². The average Bonchev–Trinajstić information content (AvgIpc) is 2.71. The van der Waals surface area contributed by atoms with Gasteiger partial charge in [-0.2, -0.15) is 0 Å². The Morgan fingerprint density at radius 3 is 2.81 bits per heavy atom. The third-order valence-electron chi connectivity index (χ3n) is 6.11. The van der Waals surface area contributed by atoms with Gasteiger partial charge in [-0.3, -0.25) is 4.90 Å². The molecule has 0 spiro atoms. The van der Waals surface area contributed by atoms with Crippen LogP contribution in [0, 0.1) is 0 Å². The number of rotatable bonds is 1. The average molecular weight is 364 g/mol. The van der Waals surface area contributed by atoms with Crippen molar-refractivity contribution in [2.75, 3.05) is 20.2 Å². The van der Waals surface area contributed by atoms with Crippen molar-refractivity contribution in [2.24, 2.45) is 0 Å². The summed E-state index contributed by atoms with van der Waals surface area (Å²) >= 11 is 1.89. The van der Waals surface area contributed by atoms with E-state index in [0.29, 0.717) is 0 Å². The molecule has 2 saturated heterocycles. The lowest BCUT2D eigenvalue weighted by molar-refractivity contribution is 0.133. The molecule has 0 saturated carbocycles. The second-order valence-electron chi connectivity index (χ2n) is 7.60. The van der Waals surface area contributed by atoms with Crippen molar-refractivity contribution in [1.29, 1.82) is 0 Å². The smallest absolute Gasteiger partial charge is 0.119 e. The number of fused-ring (bicyclic) bond motifs is 3. The Morgan fingerprint density at radius 1 is 1.00 bits per heavy atom. The van der Waals surface area contributed by atoms with Gasteiger partial charge in [0.15, 0.2) is 0 Å². The van der Waals surface area contributed by atoms with E-state index in [0.717, 1.165) is 18.3 Å². The Labute approximate surface area is 160 Å². The van der Waals surface area contributed by atoms with E-state index in [9.17, 15) is 0 Å². The number of nitrogens with zero attached hydrogens (tertiary/aromatic N) is 1. The van der Waals surface area contributed by atoms with Crippen LogP contribution in [0.25, 0.3) is 5.57 Å². The Bertz CT molecular complexity index is 872. The fourth-order valence-electron chi connectivity index (χ4n) is 4.79. The molecule has 2 aromatic carbocycles. The van der Waals surface area contributed by atoms with Gasteiger partial charge in [0.2, 0.25) is 0 Å². The van der Waals surface area contributed by atoms with Crippen LogP contribution in [0.4, 0.5) is 0 Å². The summed E-state index contributed by atoms with van der Waals surface area (Å²) < 4.78 is 5.55. The highest BCUT2D eigenvalue weighted by molar-refractivity contribution is 7.99. The van der Waals surface area contributed by atoms with E-state index in [1.54, 1.807) is 12.7 Å². The molecule has 26 heavy (non-hydrogen) atoms. The lowest BCUT2D eigenvalue weighted by Crippen LogP contribution is -2.43. The monoisotopic (exact) mass is 363 g/mol. The summed E-state index contributed by atoms with van der Waals surface area (Å²) in [6, 6.07) is 16.3.